The number of carbonyl (C=O) groups is 2. The Balaban J connectivity index is 1.36. The van der Waals surface area contributed by atoms with Gasteiger partial charge in [0.1, 0.15) is 0 Å². The Morgan fingerprint density at radius 3 is 2.58 bits per heavy atom. The molecule has 0 aromatic heterocycles. The van der Waals surface area contributed by atoms with Crippen LogP contribution in [0.3, 0.4) is 0 Å². The van der Waals surface area contributed by atoms with Crippen molar-refractivity contribution in [2.45, 2.75) is 44.6 Å². The van der Waals surface area contributed by atoms with E-state index in [1.165, 1.54) is 12.8 Å². The van der Waals surface area contributed by atoms with E-state index >= 15 is 0 Å². The second kappa shape index (κ2) is 8.81. The highest BCUT2D eigenvalue weighted by Gasteiger charge is 2.30. The van der Waals surface area contributed by atoms with Gasteiger partial charge in [0.25, 0.3) is 0 Å². The minimum Gasteiger partial charge on any atom is -0.337 e. The van der Waals surface area contributed by atoms with E-state index in [0.717, 1.165) is 38.9 Å². The standard InChI is InChI=1S/C20H26N4O2/c21-14-16-7-9-17(10-8-16)22-19(25)6-3-11-23-12-13-24(20(26)15-23)18-4-1-2-5-18/h7-10,18H,1-6,11-13,15H2,(H,22,25). The molecule has 1 N–H and O–H groups in total. The van der Waals surface area contributed by atoms with Crippen molar-refractivity contribution in [3.63, 3.8) is 0 Å². The molecule has 3 rings (SSSR count). The molecule has 1 aliphatic heterocycles. The molecule has 2 aliphatic rings. The first-order valence-corrected chi connectivity index (χ1v) is 9.47. The van der Waals surface area contributed by atoms with Gasteiger partial charge >= 0.3 is 0 Å². The molecule has 2 amide bonds. The lowest BCUT2D eigenvalue weighted by Crippen LogP contribution is -2.53. The number of nitrogens with zero attached hydrogens (tertiary/aromatic N) is 3. The summed E-state index contributed by atoms with van der Waals surface area (Å²) in [5, 5.41) is 11.6. The molecule has 138 valence electrons. The van der Waals surface area contributed by atoms with Crippen molar-refractivity contribution < 1.29 is 9.59 Å². The quantitative estimate of drug-likeness (QED) is 0.851. The number of hydrogen-bond donors (Lipinski definition) is 1. The Hall–Kier alpha value is -2.39. The van der Waals surface area contributed by atoms with Crippen molar-refractivity contribution in [2.24, 2.45) is 0 Å². The molecule has 6 heteroatoms. The van der Waals surface area contributed by atoms with Gasteiger partial charge in [-0.25, -0.2) is 0 Å². The lowest BCUT2D eigenvalue weighted by molar-refractivity contribution is -0.138. The Morgan fingerprint density at radius 2 is 1.92 bits per heavy atom. The van der Waals surface area contributed by atoms with E-state index in [1.807, 2.05) is 0 Å². The predicted molar refractivity (Wildman–Crippen MR) is 99.4 cm³/mol. The fraction of sp³-hybridized carbons (Fsp3) is 0.550. The number of amides is 2. The van der Waals surface area contributed by atoms with Gasteiger partial charge in [-0.1, -0.05) is 12.8 Å². The number of hydrogen-bond acceptors (Lipinski definition) is 4. The Morgan fingerprint density at radius 1 is 1.19 bits per heavy atom. The second-order valence-electron chi connectivity index (χ2n) is 7.14. The number of carbonyl (C=O) groups excluding carboxylic acids is 2. The van der Waals surface area contributed by atoms with Crippen LogP contribution in [0.5, 0.6) is 0 Å². The van der Waals surface area contributed by atoms with Crippen LogP contribution in [0.15, 0.2) is 24.3 Å². The number of rotatable bonds is 6. The topological polar surface area (TPSA) is 76.4 Å². The van der Waals surface area contributed by atoms with Crippen LogP contribution in [-0.2, 0) is 9.59 Å². The summed E-state index contributed by atoms with van der Waals surface area (Å²) >= 11 is 0. The second-order valence-corrected chi connectivity index (χ2v) is 7.14. The molecule has 1 saturated heterocycles. The molecule has 26 heavy (non-hydrogen) atoms. The van der Waals surface area contributed by atoms with Gasteiger partial charge in [-0.3, -0.25) is 14.5 Å². The molecule has 1 heterocycles. The fourth-order valence-corrected chi connectivity index (χ4v) is 3.84. The zero-order valence-electron chi connectivity index (χ0n) is 15.1. The molecule has 0 spiro atoms. The highest BCUT2D eigenvalue weighted by molar-refractivity contribution is 5.90. The van der Waals surface area contributed by atoms with E-state index in [4.69, 9.17) is 5.26 Å². The molecule has 0 atom stereocenters. The molecular weight excluding hydrogens is 328 g/mol. The maximum absolute atomic E-state index is 12.4. The monoisotopic (exact) mass is 354 g/mol. The maximum atomic E-state index is 12.4. The smallest absolute Gasteiger partial charge is 0.237 e. The number of piperazine rings is 1. The van der Waals surface area contributed by atoms with Crippen molar-refractivity contribution in [3.05, 3.63) is 29.8 Å². The summed E-state index contributed by atoms with van der Waals surface area (Å²) in [6.07, 6.45) is 5.96. The average molecular weight is 354 g/mol. The molecule has 0 unspecified atom stereocenters. The van der Waals surface area contributed by atoms with Crippen molar-refractivity contribution >= 4 is 17.5 Å². The van der Waals surface area contributed by atoms with Crippen LogP contribution in [0.25, 0.3) is 0 Å². The van der Waals surface area contributed by atoms with Crippen LogP contribution in [0.1, 0.15) is 44.1 Å². The van der Waals surface area contributed by atoms with Crippen LogP contribution in [0.2, 0.25) is 0 Å². The van der Waals surface area contributed by atoms with Crippen LogP contribution < -0.4 is 5.32 Å². The summed E-state index contributed by atoms with van der Waals surface area (Å²) in [5.74, 6) is 0.204. The summed E-state index contributed by atoms with van der Waals surface area (Å²) in [6, 6.07) is 9.35. The van der Waals surface area contributed by atoms with E-state index in [9.17, 15) is 9.59 Å². The third kappa shape index (κ3) is 4.83. The summed E-state index contributed by atoms with van der Waals surface area (Å²) in [6.45, 7) is 2.97. The number of nitriles is 1. The van der Waals surface area contributed by atoms with Crippen molar-refractivity contribution in [1.29, 1.82) is 5.26 Å². The molecule has 1 aromatic carbocycles. The molecule has 0 radical (unpaired) electrons. The summed E-state index contributed by atoms with van der Waals surface area (Å²) in [4.78, 5) is 28.6. The maximum Gasteiger partial charge on any atom is 0.237 e. The molecule has 6 nitrogen and oxygen atoms in total. The summed E-state index contributed by atoms with van der Waals surface area (Å²) in [7, 11) is 0. The molecule has 1 saturated carbocycles. The molecule has 0 bridgehead atoms. The van der Waals surface area contributed by atoms with Gasteiger partial charge in [-0.2, -0.15) is 5.26 Å². The zero-order valence-corrected chi connectivity index (χ0v) is 15.1. The fourth-order valence-electron chi connectivity index (χ4n) is 3.84. The van der Waals surface area contributed by atoms with E-state index < -0.39 is 0 Å². The van der Waals surface area contributed by atoms with Crippen molar-refractivity contribution in [3.8, 4) is 6.07 Å². The summed E-state index contributed by atoms with van der Waals surface area (Å²) in [5.41, 5.74) is 1.28. The number of anilines is 1. The van der Waals surface area contributed by atoms with E-state index in [2.05, 4.69) is 21.2 Å². The lowest BCUT2D eigenvalue weighted by atomic mass is 10.1. The highest BCUT2D eigenvalue weighted by atomic mass is 16.2. The van der Waals surface area contributed by atoms with E-state index in [-0.39, 0.29) is 11.8 Å². The van der Waals surface area contributed by atoms with Gasteiger partial charge in [0.05, 0.1) is 18.2 Å². The highest BCUT2D eigenvalue weighted by Crippen LogP contribution is 2.24. The van der Waals surface area contributed by atoms with Crippen LogP contribution in [-0.4, -0.2) is 53.8 Å². The summed E-state index contributed by atoms with van der Waals surface area (Å²) < 4.78 is 0. The minimum atomic E-state index is -0.0365. The first-order valence-electron chi connectivity index (χ1n) is 9.47. The minimum absolute atomic E-state index is 0.0365. The van der Waals surface area contributed by atoms with Crippen molar-refractivity contribution in [1.82, 2.24) is 9.80 Å². The predicted octanol–water partition coefficient (Wildman–Crippen LogP) is 2.36. The van der Waals surface area contributed by atoms with Gasteiger partial charge in [0.15, 0.2) is 0 Å². The molecular formula is C20H26N4O2. The van der Waals surface area contributed by atoms with Gasteiger partial charge in [-0.15, -0.1) is 0 Å². The normalized spacial score (nSPS) is 18.7. The van der Waals surface area contributed by atoms with Gasteiger partial charge in [0, 0.05) is 31.2 Å². The zero-order chi connectivity index (χ0) is 18.4. The average Bonchev–Trinajstić information content (AvgIpc) is 3.17. The SMILES string of the molecule is N#Cc1ccc(NC(=O)CCCN2CCN(C3CCCC3)C(=O)C2)cc1. The first kappa shape index (κ1) is 18.4. The van der Waals surface area contributed by atoms with Crippen LogP contribution >= 0.6 is 0 Å². The molecule has 2 fully saturated rings. The largest absolute Gasteiger partial charge is 0.337 e. The lowest BCUT2D eigenvalue weighted by Gasteiger charge is -2.37. The third-order valence-electron chi connectivity index (χ3n) is 5.28. The van der Waals surface area contributed by atoms with E-state index in [0.29, 0.717) is 30.3 Å². The molecule has 1 aromatic rings. The Kier molecular flexibility index (Phi) is 6.24. The number of nitrogens with one attached hydrogen (secondary N) is 1. The van der Waals surface area contributed by atoms with Gasteiger partial charge in [0.2, 0.25) is 11.8 Å². The van der Waals surface area contributed by atoms with Crippen molar-refractivity contribution in [2.75, 3.05) is 31.5 Å². The number of benzene rings is 1. The third-order valence-corrected chi connectivity index (χ3v) is 5.28. The Labute approximate surface area is 154 Å². The van der Waals surface area contributed by atoms with Crippen LogP contribution in [0, 0.1) is 11.3 Å². The van der Waals surface area contributed by atoms with Crippen LogP contribution in [0.4, 0.5) is 5.69 Å². The van der Waals surface area contributed by atoms with Gasteiger partial charge in [-0.05, 0) is 50.1 Å². The molecule has 1 aliphatic carbocycles. The Bertz CT molecular complexity index is 674. The van der Waals surface area contributed by atoms with E-state index in [1.54, 1.807) is 24.3 Å². The first-order chi connectivity index (χ1) is 12.7. The van der Waals surface area contributed by atoms with Gasteiger partial charge < -0.3 is 10.2 Å².